The number of aromatic nitrogens is 3. The Bertz CT molecular complexity index is 912. The van der Waals surface area contributed by atoms with Gasteiger partial charge in [-0.1, -0.05) is 19.9 Å². The number of rotatable bonds is 8. The minimum absolute atomic E-state index is 0.0563. The summed E-state index contributed by atoms with van der Waals surface area (Å²) >= 11 is 1.80. The molecular weight excluding hydrogens is 368 g/mol. The summed E-state index contributed by atoms with van der Waals surface area (Å²) in [5, 5.41) is 1.53. The van der Waals surface area contributed by atoms with Crippen molar-refractivity contribution in [3.05, 3.63) is 58.4 Å². The van der Waals surface area contributed by atoms with Gasteiger partial charge in [0, 0.05) is 49.8 Å². The number of pyridine rings is 1. The summed E-state index contributed by atoms with van der Waals surface area (Å²) in [5.41, 5.74) is 1.96. The molecule has 0 saturated heterocycles. The molecule has 0 spiro atoms. The first-order chi connectivity index (χ1) is 13.4. The van der Waals surface area contributed by atoms with Crippen molar-refractivity contribution in [1.82, 2.24) is 14.1 Å². The van der Waals surface area contributed by atoms with Gasteiger partial charge in [-0.15, -0.1) is 11.8 Å². The molecule has 0 aliphatic carbocycles. The van der Waals surface area contributed by atoms with Crippen LogP contribution < -0.4 is 5.69 Å². The smallest absolute Gasteiger partial charge is 0.298 e. The van der Waals surface area contributed by atoms with Crippen LogP contribution in [0.15, 0.2) is 51.5 Å². The third-order valence-corrected chi connectivity index (χ3v) is 6.72. The summed E-state index contributed by atoms with van der Waals surface area (Å²) < 4.78 is 3.76. The van der Waals surface area contributed by atoms with Crippen molar-refractivity contribution in [3.8, 4) is 0 Å². The topological polar surface area (TPSA) is 52.2 Å². The monoisotopic (exact) mass is 398 g/mol. The van der Waals surface area contributed by atoms with Crippen LogP contribution in [0.5, 0.6) is 0 Å². The van der Waals surface area contributed by atoms with E-state index < -0.39 is 0 Å². The van der Waals surface area contributed by atoms with Crippen LogP contribution in [-0.4, -0.2) is 31.1 Å². The van der Waals surface area contributed by atoms with Crippen LogP contribution in [0.25, 0.3) is 0 Å². The van der Waals surface area contributed by atoms with Crippen LogP contribution in [0, 0.1) is 0 Å². The molecule has 0 saturated carbocycles. The minimum Gasteiger partial charge on any atom is -0.298 e. The van der Waals surface area contributed by atoms with Gasteiger partial charge < -0.3 is 0 Å². The summed E-state index contributed by atoms with van der Waals surface area (Å²) in [7, 11) is 1.89. The van der Waals surface area contributed by atoms with Crippen molar-refractivity contribution in [2.24, 2.45) is 12.0 Å². The lowest BCUT2D eigenvalue weighted by molar-refractivity contribution is 0.508. The van der Waals surface area contributed by atoms with Gasteiger partial charge in [0.2, 0.25) is 0 Å². The Labute approximate surface area is 171 Å². The van der Waals surface area contributed by atoms with Crippen molar-refractivity contribution in [2.45, 2.75) is 68.8 Å². The quantitative estimate of drug-likeness (QED) is 0.626. The van der Waals surface area contributed by atoms with Crippen LogP contribution in [0.4, 0.5) is 0 Å². The molecular formula is C22H30N4OS. The number of aliphatic imine (C=N–C) groups is 1. The van der Waals surface area contributed by atoms with Crippen LogP contribution in [0.2, 0.25) is 0 Å². The van der Waals surface area contributed by atoms with Gasteiger partial charge in [-0.3, -0.25) is 19.1 Å². The molecule has 28 heavy (non-hydrogen) atoms. The lowest BCUT2D eigenvalue weighted by Gasteiger charge is -2.26. The Balaban J connectivity index is 2.04. The first-order valence-electron chi connectivity index (χ1n) is 9.95. The fraction of sp³-hybridized carbons (Fsp3) is 0.500. The highest BCUT2D eigenvalue weighted by atomic mass is 32.2. The number of nitrogens with zero attached hydrogens (tertiary/aromatic N) is 4. The molecule has 3 rings (SSSR count). The van der Waals surface area contributed by atoms with Gasteiger partial charge >= 0.3 is 5.69 Å². The first kappa shape index (κ1) is 20.6. The standard InChI is InChI=1S/C22H30N4OS/c1-6-17(4)28-20-19(25(5)21(27)26(20)16(2)3)15-22(10-7-11-24-22)14-18-8-12-23-13-9-18/h7-13,16-17H,6,14-15H2,1-5H3. The zero-order valence-corrected chi connectivity index (χ0v) is 18.2. The van der Waals surface area contributed by atoms with E-state index in [1.807, 2.05) is 53.0 Å². The number of thioether (sulfide) groups is 1. The second kappa shape index (κ2) is 8.52. The van der Waals surface area contributed by atoms with Crippen molar-refractivity contribution >= 4 is 18.0 Å². The molecule has 0 bridgehead atoms. The van der Waals surface area contributed by atoms with Gasteiger partial charge in [0.1, 0.15) is 0 Å². The lowest BCUT2D eigenvalue weighted by atomic mass is 9.88. The molecule has 5 nitrogen and oxygen atoms in total. The molecule has 150 valence electrons. The molecule has 2 aromatic rings. The van der Waals surface area contributed by atoms with Crippen molar-refractivity contribution in [3.63, 3.8) is 0 Å². The van der Waals surface area contributed by atoms with Crippen LogP contribution in [0.1, 0.15) is 51.4 Å². The summed E-state index contributed by atoms with van der Waals surface area (Å²) in [6.07, 6.45) is 12.2. The van der Waals surface area contributed by atoms with Crippen LogP contribution >= 0.6 is 11.8 Å². The van der Waals surface area contributed by atoms with E-state index in [1.54, 1.807) is 11.8 Å². The van der Waals surface area contributed by atoms with Gasteiger partial charge in [-0.2, -0.15) is 0 Å². The van der Waals surface area contributed by atoms with E-state index in [0.717, 1.165) is 23.6 Å². The van der Waals surface area contributed by atoms with E-state index in [-0.39, 0.29) is 17.3 Å². The Kier molecular flexibility index (Phi) is 6.28. The molecule has 1 aliphatic rings. The van der Waals surface area contributed by atoms with E-state index >= 15 is 0 Å². The largest absolute Gasteiger partial charge is 0.329 e. The third-order valence-electron chi connectivity index (χ3n) is 5.33. The second-order valence-corrected chi connectivity index (χ2v) is 9.27. The fourth-order valence-corrected chi connectivity index (χ4v) is 4.86. The average Bonchev–Trinajstić information content (AvgIpc) is 3.21. The molecule has 3 heterocycles. The van der Waals surface area contributed by atoms with Crippen molar-refractivity contribution in [1.29, 1.82) is 0 Å². The zero-order chi connectivity index (χ0) is 20.3. The van der Waals surface area contributed by atoms with E-state index in [4.69, 9.17) is 4.99 Å². The lowest BCUT2D eigenvalue weighted by Crippen LogP contribution is -2.30. The number of imidazole rings is 1. The predicted molar refractivity (Wildman–Crippen MR) is 118 cm³/mol. The SMILES string of the molecule is CCC(C)Sc1c(CC2(Cc3ccncc3)C=CC=N2)n(C)c(=O)n1C(C)C. The minimum atomic E-state index is -0.362. The normalized spacial score (nSPS) is 19.6. The van der Waals surface area contributed by atoms with Crippen molar-refractivity contribution in [2.75, 3.05) is 0 Å². The maximum absolute atomic E-state index is 13.0. The number of allylic oxidation sites excluding steroid dienone is 1. The Morgan fingerprint density at radius 2 is 1.89 bits per heavy atom. The van der Waals surface area contributed by atoms with E-state index in [2.05, 4.69) is 38.8 Å². The predicted octanol–water partition coefficient (Wildman–Crippen LogP) is 4.22. The number of hydrogen-bond donors (Lipinski definition) is 0. The molecule has 2 aromatic heterocycles. The van der Waals surface area contributed by atoms with Gasteiger partial charge in [-0.25, -0.2) is 4.79 Å². The summed E-state index contributed by atoms with van der Waals surface area (Å²) in [5.74, 6) is 0. The molecule has 0 radical (unpaired) electrons. The highest BCUT2D eigenvalue weighted by Gasteiger charge is 2.33. The van der Waals surface area contributed by atoms with Crippen LogP contribution in [-0.2, 0) is 19.9 Å². The van der Waals surface area contributed by atoms with Gasteiger partial charge in [0.25, 0.3) is 0 Å². The molecule has 0 amide bonds. The maximum Gasteiger partial charge on any atom is 0.329 e. The summed E-state index contributed by atoms with van der Waals surface area (Å²) in [6, 6.07) is 4.20. The average molecular weight is 399 g/mol. The molecule has 2 atom stereocenters. The molecule has 1 aliphatic heterocycles. The van der Waals surface area contributed by atoms with Crippen LogP contribution in [0.3, 0.4) is 0 Å². The third kappa shape index (κ3) is 4.17. The summed E-state index contributed by atoms with van der Waals surface area (Å²) in [6.45, 7) is 8.56. The maximum atomic E-state index is 13.0. The van der Waals surface area contributed by atoms with E-state index in [1.165, 1.54) is 5.56 Å². The molecule has 0 N–H and O–H groups in total. The van der Waals surface area contributed by atoms with Gasteiger partial charge in [-0.05, 0) is 44.0 Å². The Hall–Kier alpha value is -2.08. The van der Waals surface area contributed by atoms with E-state index in [0.29, 0.717) is 11.7 Å². The molecule has 6 heteroatoms. The second-order valence-electron chi connectivity index (χ2n) is 7.84. The molecule has 2 unspecified atom stereocenters. The highest BCUT2D eigenvalue weighted by molar-refractivity contribution is 7.99. The molecule has 0 fully saturated rings. The Morgan fingerprint density at radius 1 is 1.18 bits per heavy atom. The fourth-order valence-electron chi connectivity index (χ4n) is 3.57. The summed E-state index contributed by atoms with van der Waals surface area (Å²) in [4.78, 5) is 22.0. The molecule has 0 aromatic carbocycles. The number of hydrogen-bond acceptors (Lipinski definition) is 4. The first-order valence-corrected chi connectivity index (χ1v) is 10.8. The zero-order valence-electron chi connectivity index (χ0n) is 17.4. The van der Waals surface area contributed by atoms with Crippen molar-refractivity contribution < 1.29 is 0 Å². The highest BCUT2D eigenvalue weighted by Crippen LogP contribution is 2.34. The van der Waals surface area contributed by atoms with E-state index in [9.17, 15) is 4.79 Å². The van der Waals surface area contributed by atoms with Gasteiger partial charge in [0.15, 0.2) is 0 Å². The Morgan fingerprint density at radius 3 is 2.46 bits per heavy atom. The van der Waals surface area contributed by atoms with Gasteiger partial charge in [0.05, 0.1) is 16.3 Å².